The second kappa shape index (κ2) is 5.38. The average molecular weight is 225 g/mol. The zero-order valence-corrected chi connectivity index (χ0v) is 9.83. The number of phenolic OH excluding ortho intramolecular Hbond substituents is 1. The maximum atomic E-state index is 9.37. The van der Waals surface area contributed by atoms with Crippen molar-refractivity contribution in [2.45, 2.75) is 6.42 Å². The first-order valence-electron chi connectivity index (χ1n) is 5.66. The van der Waals surface area contributed by atoms with Gasteiger partial charge in [0.2, 0.25) is 0 Å². The Hall–Kier alpha value is -1.98. The minimum absolute atomic E-state index is 0.297. The summed E-state index contributed by atoms with van der Waals surface area (Å²) in [7, 11) is 1.92. The van der Waals surface area contributed by atoms with E-state index in [9.17, 15) is 5.11 Å². The molecule has 0 radical (unpaired) electrons. The van der Waals surface area contributed by atoms with Gasteiger partial charge in [0.05, 0.1) is 0 Å². The molecular formula is C15H15NO. The van der Waals surface area contributed by atoms with E-state index in [1.54, 1.807) is 12.1 Å². The normalized spacial score (nSPS) is 9.94. The van der Waals surface area contributed by atoms with Crippen LogP contribution in [-0.2, 0) is 0 Å². The van der Waals surface area contributed by atoms with Crippen LogP contribution in [0.1, 0.15) is 12.0 Å². The van der Waals surface area contributed by atoms with E-state index in [1.165, 1.54) is 0 Å². The largest absolute Gasteiger partial charge is 0.508 e. The summed E-state index contributed by atoms with van der Waals surface area (Å²) in [4.78, 5) is 0. The number of benzene rings is 2. The lowest BCUT2D eigenvalue weighted by Crippen LogP contribution is -2.05. The molecule has 0 unspecified atom stereocenters. The third-order valence-electron chi connectivity index (χ3n) is 2.56. The van der Waals surface area contributed by atoms with Crippen LogP contribution in [0.5, 0.6) is 5.75 Å². The first-order chi connectivity index (χ1) is 8.29. The van der Waals surface area contributed by atoms with Crippen molar-refractivity contribution in [2.75, 3.05) is 13.6 Å². The van der Waals surface area contributed by atoms with Gasteiger partial charge in [0.1, 0.15) is 5.75 Å². The lowest BCUT2D eigenvalue weighted by Gasteiger charge is -1.99. The Morgan fingerprint density at radius 2 is 1.88 bits per heavy atom. The van der Waals surface area contributed by atoms with Crippen LogP contribution in [0, 0.1) is 11.8 Å². The molecule has 0 heterocycles. The Kier molecular flexibility index (Phi) is 3.64. The monoisotopic (exact) mass is 225 g/mol. The molecular weight excluding hydrogens is 210 g/mol. The van der Waals surface area contributed by atoms with Gasteiger partial charge >= 0.3 is 0 Å². The number of hydrogen-bond acceptors (Lipinski definition) is 2. The number of rotatable bonds is 2. The molecule has 2 nitrogen and oxygen atoms in total. The van der Waals surface area contributed by atoms with Crippen LogP contribution < -0.4 is 5.32 Å². The molecule has 0 atom stereocenters. The molecule has 0 fully saturated rings. The number of nitrogens with one attached hydrogen (secondary N) is 1. The highest BCUT2D eigenvalue weighted by Crippen LogP contribution is 2.20. The predicted molar refractivity (Wildman–Crippen MR) is 71.0 cm³/mol. The van der Waals surface area contributed by atoms with Gasteiger partial charge < -0.3 is 10.4 Å². The summed E-state index contributed by atoms with van der Waals surface area (Å²) >= 11 is 0. The third kappa shape index (κ3) is 2.99. The van der Waals surface area contributed by atoms with E-state index < -0.39 is 0 Å². The standard InChI is InChI=1S/C15H15NO/c1-16-9-3-2-4-12-5-6-14-11-15(17)8-7-13(14)10-12/h5-8,10-11,16-17H,3,9H2,1H3. The molecule has 0 bridgehead atoms. The van der Waals surface area contributed by atoms with Crippen molar-refractivity contribution in [1.29, 1.82) is 0 Å². The fourth-order valence-electron chi connectivity index (χ4n) is 1.66. The first kappa shape index (κ1) is 11.5. The average Bonchev–Trinajstić information content (AvgIpc) is 2.35. The van der Waals surface area contributed by atoms with Crippen molar-refractivity contribution in [1.82, 2.24) is 5.32 Å². The molecule has 2 rings (SSSR count). The van der Waals surface area contributed by atoms with Crippen molar-refractivity contribution >= 4 is 10.8 Å². The van der Waals surface area contributed by atoms with Gasteiger partial charge in [0, 0.05) is 18.5 Å². The van der Waals surface area contributed by atoms with Crippen molar-refractivity contribution in [3.63, 3.8) is 0 Å². The van der Waals surface area contributed by atoms with Crippen LogP contribution >= 0.6 is 0 Å². The molecule has 0 aliphatic heterocycles. The summed E-state index contributed by atoms with van der Waals surface area (Å²) in [5.74, 6) is 6.55. The van der Waals surface area contributed by atoms with Gasteiger partial charge in [-0.1, -0.05) is 24.0 Å². The summed E-state index contributed by atoms with van der Waals surface area (Å²) in [6, 6.07) is 11.4. The number of aromatic hydroxyl groups is 1. The van der Waals surface area contributed by atoms with E-state index in [0.29, 0.717) is 5.75 Å². The lowest BCUT2D eigenvalue weighted by atomic mass is 10.1. The van der Waals surface area contributed by atoms with Gasteiger partial charge in [-0.3, -0.25) is 0 Å². The van der Waals surface area contributed by atoms with E-state index in [4.69, 9.17) is 0 Å². The number of phenols is 1. The smallest absolute Gasteiger partial charge is 0.116 e. The van der Waals surface area contributed by atoms with Crippen LogP contribution in [0.25, 0.3) is 10.8 Å². The van der Waals surface area contributed by atoms with Gasteiger partial charge in [0.25, 0.3) is 0 Å². The predicted octanol–water partition coefficient (Wildman–Crippen LogP) is 2.51. The molecule has 0 saturated carbocycles. The van der Waals surface area contributed by atoms with Crippen molar-refractivity contribution in [2.24, 2.45) is 0 Å². The lowest BCUT2D eigenvalue weighted by molar-refractivity contribution is 0.476. The second-order valence-corrected chi connectivity index (χ2v) is 3.90. The molecule has 0 saturated heterocycles. The maximum Gasteiger partial charge on any atom is 0.116 e. The molecule has 0 spiro atoms. The van der Waals surface area contributed by atoms with Gasteiger partial charge in [-0.05, 0) is 42.1 Å². The molecule has 2 heteroatoms. The van der Waals surface area contributed by atoms with Gasteiger partial charge in [-0.15, -0.1) is 0 Å². The molecule has 17 heavy (non-hydrogen) atoms. The summed E-state index contributed by atoms with van der Waals surface area (Å²) in [6.45, 7) is 0.911. The van der Waals surface area contributed by atoms with Crippen LogP contribution in [-0.4, -0.2) is 18.7 Å². The first-order valence-corrected chi connectivity index (χ1v) is 5.66. The molecule has 0 aliphatic carbocycles. The van der Waals surface area contributed by atoms with E-state index in [0.717, 1.165) is 29.3 Å². The van der Waals surface area contributed by atoms with E-state index in [1.807, 2.05) is 31.3 Å². The van der Waals surface area contributed by atoms with E-state index in [-0.39, 0.29) is 0 Å². The number of hydrogen-bond donors (Lipinski definition) is 2. The Balaban J connectivity index is 2.25. The van der Waals surface area contributed by atoms with Gasteiger partial charge in [0.15, 0.2) is 0 Å². The summed E-state index contributed by atoms with van der Waals surface area (Å²) in [5, 5.41) is 14.6. The molecule has 0 aliphatic rings. The quantitative estimate of drug-likeness (QED) is 0.608. The summed E-state index contributed by atoms with van der Waals surface area (Å²) in [5.41, 5.74) is 1.01. The van der Waals surface area contributed by atoms with E-state index in [2.05, 4.69) is 17.2 Å². The zero-order valence-electron chi connectivity index (χ0n) is 9.83. The second-order valence-electron chi connectivity index (χ2n) is 3.90. The Labute approximate surface area is 101 Å². The van der Waals surface area contributed by atoms with Crippen LogP contribution in [0.3, 0.4) is 0 Å². The Morgan fingerprint density at radius 1 is 1.12 bits per heavy atom. The highest BCUT2D eigenvalue weighted by Gasteiger charge is 1.95. The fourth-order valence-corrected chi connectivity index (χ4v) is 1.66. The topological polar surface area (TPSA) is 32.3 Å². The van der Waals surface area contributed by atoms with Gasteiger partial charge in [-0.25, -0.2) is 0 Å². The van der Waals surface area contributed by atoms with E-state index >= 15 is 0 Å². The maximum absolute atomic E-state index is 9.37. The molecule has 2 N–H and O–H groups in total. The van der Waals surface area contributed by atoms with Crippen LogP contribution in [0.4, 0.5) is 0 Å². The zero-order chi connectivity index (χ0) is 12.1. The summed E-state index contributed by atoms with van der Waals surface area (Å²) in [6.07, 6.45) is 0.851. The van der Waals surface area contributed by atoms with Crippen LogP contribution in [0.2, 0.25) is 0 Å². The Morgan fingerprint density at radius 3 is 2.71 bits per heavy atom. The van der Waals surface area contributed by atoms with Crippen molar-refractivity contribution in [3.8, 4) is 17.6 Å². The molecule has 2 aromatic carbocycles. The van der Waals surface area contributed by atoms with Gasteiger partial charge in [-0.2, -0.15) is 0 Å². The van der Waals surface area contributed by atoms with Crippen molar-refractivity contribution in [3.05, 3.63) is 42.0 Å². The highest BCUT2D eigenvalue weighted by atomic mass is 16.3. The highest BCUT2D eigenvalue weighted by molar-refractivity contribution is 5.85. The Bertz CT molecular complexity index is 578. The number of fused-ring (bicyclic) bond motifs is 1. The third-order valence-corrected chi connectivity index (χ3v) is 2.56. The molecule has 86 valence electrons. The molecule has 0 amide bonds. The molecule has 2 aromatic rings. The molecule has 0 aromatic heterocycles. The summed E-state index contributed by atoms with van der Waals surface area (Å²) < 4.78 is 0. The van der Waals surface area contributed by atoms with Crippen LogP contribution in [0.15, 0.2) is 36.4 Å². The fraction of sp³-hybridized carbons (Fsp3) is 0.200. The minimum atomic E-state index is 0.297. The van der Waals surface area contributed by atoms with Crippen molar-refractivity contribution < 1.29 is 5.11 Å². The SMILES string of the molecule is CNCCC#Cc1ccc2cc(O)ccc2c1. The minimum Gasteiger partial charge on any atom is -0.508 e.